The van der Waals surface area contributed by atoms with Crippen molar-refractivity contribution < 1.29 is 19.2 Å². The molecule has 182 valence electrons. The van der Waals surface area contributed by atoms with Crippen LogP contribution in [0.4, 0.5) is 0 Å². The number of nitrogens with one attached hydrogen (secondary N) is 3. The Balaban J connectivity index is 1.79. The number of nitriles is 1. The first kappa shape index (κ1) is 25.0. The summed E-state index contributed by atoms with van der Waals surface area (Å²) in [7, 11) is 0. The van der Waals surface area contributed by atoms with Crippen LogP contribution >= 0.6 is 0 Å². The maximum absolute atomic E-state index is 13.6. The summed E-state index contributed by atoms with van der Waals surface area (Å²) in [6.07, 6.45) is 1.16. The van der Waals surface area contributed by atoms with Crippen molar-refractivity contribution in [1.82, 2.24) is 20.9 Å². The van der Waals surface area contributed by atoms with Crippen LogP contribution in [-0.2, 0) is 19.2 Å². The van der Waals surface area contributed by atoms with Gasteiger partial charge >= 0.3 is 0 Å². The average molecular weight is 460 g/mol. The van der Waals surface area contributed by atoms with Gasteiger partial charge in [0, 0.05) is 25.4 Å². The van der Waals surface area contributed by atoms with Gasteiger partial charge in [-0.2, -0.15) is 5.26 Å². The van der Waals surface area contributed by atoms with Crippen LogP contribution in [0.25, 0.3) is 0 Å². The Bertz CT molecular complexity index is 871. The molecule has 2 aliphatic heterocycles. The van der Waals surface area contributed by atoms with Crippen LogP contribution in [0.15, 0.2) is 0 Å². The molecule has 3 N–H and O–H groups in total. The van der Waals surface area contributed by atoms with Crippen LogP contribution in [0, 0.1) is 39.9 Å². The number of nitrogens with zero attached hydrogens (tertiary/aromatic N) is 2. The molecule has 9 nitrogen and oxygen atoms in total. The van der Waals surface area contributed by atoms with Gasteiger partial charge in [-0.05, 0) is 35.5 Å². The highest BCUT2D eigenvalue weighted by molar-refractivity contribution is 5.94. The molecule has 1 aliphatic carbocycles. The summed E-state index contributed by atoms with van der Waals surface area (Å²) in [5.74, 6) is -1.04. The highest BCUT2D eigenvalue weighted by Crippen LogP contribution is 2.65. The molecule has 0 spiro atoms. The molecular weight excluding hydrogens is 422 g/mol. The normalized spacial score (nSPS) is 29.4. The van der Waals surface area contributed by atoms with E-state index in [-0.39, 0.29) is 59.6 Å². The van der Waals surface area contributed by atoms with E-state index in [1.807, 2.05) is 20.8 Å². The monoisotopic (exact) mass is 459 g/mol. The molecule has 1 saturated carbocycles. The Hall–Kier alpha value is -2.63. The van der Waals surface area contributed by atoms with E-state index in [1.54, 1.807) is 11.8 Å². The third-order valence-corrected chi connectivity index (χ3v) is 7.65. The summed E-state index contributed by atoms with van der Waals surface area (Å²) in [5.41, 5.74) is -0.605. The van der Waals surface area contributed by atoms with Crippen LogP contribution in [0.5, 0.6) is 0 Å². The first-order chi connectivity index (χ1) is 15.3. The number of carbonyl (C=O) groups is 4. The number of carbonyl (C=O) groups excluding carboxylic acids is 4. The van der Waals surface area contributed by atoms with Crippen molar-refractivity contribution in [1.29, 1.82) is 5.26 Å². The highest BCUT2D eigenvalue weighted by atomic mass is 16.2. The van der Waals surface area contributed by atoms with Gasteiger partial charge in [-0.25, -0.2) is 0 Å². The van der Waals surface area contributed by atoms with E-state index in [1.165, 1.54) is 0 Å². The molecule has 3 rings (SSSR count). The van der Waals surface area contributed by atoms with Crippen molar-refractivity contribution in [2.24, 2.45) is 28.6 Å². The predicted octanol–water partition coefficient (Wildman–Crippen LogP) is 0.945. The zero-order valence-electron chi connectivity index (χ0n) is 20.5. The predicted molar refractivity (Wildman–Crippen MR) is 121 cm³/mol. The Morgan fingerprint density at radius 1 is 1.27 bits per heavy atom. The molecule has 0 bridgehead atoms. The van der Waals surface area contributed by atoms with Gasteiger partial charge in [0.2, 0.25) is 23.6 Å². The van der Waals surface area contributed by atoms with E-state index in [9.17, 15) is 24.4 Å². The zero-order valence-corrected chi connectivity index (χ0v) is 20.5. The number of rotatable bonds is 7. The van der Waals surface area contributed by atoms with Crippen LogP contribution in [0.1, 0.15) is 60.8 Å². The summed E-state index contributed by atoms with van der Waals surface area (Å²) in [6, 6.07) is -0.153. The highest BCUT2D eigenvalue weighted by Gasteiger charge is 2.69. The summed E-state index contributed by atoms with van der Waals surface area (Å²) in [4.78, 5) is 52.7. The number of hydrogen-bond donors (Lipinski definition) is 3. The second-order valence-electron chi connectivity index (χ2n) is 11.3. The van der Waals surface area contributed by atoms with E-state index >= 15 is 0 Å². The summed E-state index contributed by atoms with van der Waals surface area (Å²) >= 11 is 0. The van der Waals surface area contributed by atoms with Crippen molar-refractivity contribution in [2.45, 2.75) is 78.9 Å². The van der Waals surface area contributed by atoms with Gasteiger partial charge in [0.25, 0.3) is 0 Å². The smallest absolute Gasteiger partial charge is 0.246 e. The Morgan fingerprint density at radius 3 is 2.45 bits per heavy atom. The molecule has 3 aliphatic rings. The maximum atomic E-state index is 13.6. The topological polar surface area (TPSA) is 131 Å². The lowest BCUT2D eigenvalue weighted by Gasteiger charge is -2.37. The van der Waals surface area contributed by atoms with Gasteiger partial charge < -0.3 is 20.9 Å². The SMILES string of the molecule is CCC(=O)NC(C(=O)N1CC2C([C@H]1C(=O)N[C@H](C#N)C[C@@H]1CCNC1=O)C2(C)C)C(C)(C)C. The molecule has 3 unspecified atom stereocenters. The minimum atomic E-state index is -0.803. The third kappa shape index (κ3) is 4.85. The molecule has 2 heterocycles. The van der Waals surface area contributed by atoms with Gasteiger partial charge in [0.1, 0.15) is 18.1 Å². The van der Waals surface area contributed by atoms with Crippen molar-refractivity contribution >= 4 is 23.6 Å². The van der Waals surface area contributed by atoms with Crippen molar-refractivity contribution in [2.75, 3.05) is 13.1 Å². The van der Waals surface area contributed by atoms with E-state index in [4.69, 9.17) is 0 Å². The Morgan fingerprint density at radius 2 is 1.94 bits per heavy atom. The second kappa shape index (κ2) is 8.96. The third-order valence-electron chi connectivity index (χ3n) is 7.65. The molecule has 3 fully saturated rings. The van der Waals surface area contributed by atoms with E-state index in [0.29, 0.717) is 19.5 Å². The van der Waals surface area contributed by atoms with Crippen molar-refractivity contribution in [3.05, 3.63) is 0 Å². The molecule has 0 aromatic carbocycles. The van der Waals surface area contributed by atoms with Gasteiger partial charge in [0.15, 0.2) is 0 Å². The lowest BCUT2D eigenvalue weighted by Crippen LogP contribution is -2.59. The molecule has 2 saturated heterocycles. The van der Waals surface area contributed by atoms with Gasteiger partial charge in [-0.1, -0.05) is 41.5 Å². The van der Waals surface area contributed by atoms with Gasteiger partial charge in [-0.15, -0.1) is 0 Å². The van der Waals surface area contributed by atoms with Gasteiger partial charge in [0.05, 0.1) is 6.07 Å². The van der Waals surface area contributed by atoms with E-state index in [2.05, 4.69) is 35.9 Å². The van der Waals surface area contributed by atoms with Gasteiger partial charge in [-0.3, -0.25) is 19.2 Å². The molecule has 33 heavy (non-hydrogen) atoms. The van der Waals surface area contributed by atoms with Crippen LogP contribution < -0.4 is 16.0 Å². The van der Waals surface area contributed by atoms with Crippen LogP contribution in [-0.4, -0.2) is 59.7 Å². The molecule has 0 radical (unpaired) electrons. The fraction of sp³-hybridized carbons (Fsp3) is 0.792. The Labute approximate surface area is 196 Å². The number of piperidine rings is 1. The van der Waals surface area contributed by atoms with Crippen molar-refractivity contribution in [3.8, 4) is 6.07 Å². The molecule has 0 aromatic heterocycles. The van der Waals surface area contributed by atoms with Crippen LogP contribution in [0.2, 0.25) is 0 Å². The summed E-state index contributed by atoms with van der Waals surface area (Å²) < 4.78 is 0. The van der Waals surface area contributed by atoms with E-state index in [0.717, 1.165) is 0 Å². The number of likely N-dealkylation sites (tertiary alicyclic amines) is 1. The second-order valence-corrected chi connectivity index (χ2v) is 11.3. The zero-order chi connectivity index (χ0) is 24.7. The number of hydrogen-bond acceptors (Lipinski definition) is 5. The molecule has 4 amide bonds. The maximum Gasteiger partial charge on any atom is 0.246 e. The first-order valence-electron chi connectivity index (χ1n) is 11.9. The fourth-order valence-electron chi connectivity index (χ4n) is 5.45. The molecular formula is C24H37N5O4. The van der Waals surface area contributed by atoms with Crippen molar-refractivity contribution in [3.63, 3.8) is 0 Å². The Kier molecular flexibility index (Phi) is 6.79. The molecule has 9 heteroatoms. The van der Waals surface area contributed by atoms with E-state index < -0.39 is 23.5 Å². The lowest BCUT2D eigenvalue weighted by atomic mass is 9.85. The average Bonchev–Trinajstić information content (AvgIpc) is 3.11. The standard InChI is InChI=1S/C24H37N5O4/c1-7-16(30)28-19(23(2,3)4)22(33)29-12-15-17(24(15,5)6)18(29)21(32)27-14(11-25)10-13-8-9-26-20(13)31/h13-15,17-19H,7-10,12H2,1-6H3,(H,26,31)(H,27,32)(H,28,30)/t13-,14-,15?,17?,18-,19?/m0/s1. The largest absolute Gasteiger partial charge is 0.356 e. The number of fused-ring (bicyclic) bond motifs is 1. The molecule has 6 atom stereocenters. The summed E-state index contributed by atoms with van der Waals surface area (Å²) in [5, 5.41) is 18.0. The fourth-order valence-corrected chi connectivity index (χ4v) is 5.45. The van der Waals surface area contributed by atoms with Crippen LogP contribution in [0.3, 0.4) is 0 Å². The first-order valence-corrected chi connectivity index (χ1v) is 11.9. The quantitative estimate of drug-likeness (QED) is 0.521. The molecule has 0 aromatic rings. The summed E-state index contributed by atoms with van der Waals surface area (Å²) in [6.45, 7) is 12.6. The number of amides is 4. The minimum Gasteiger partial charge on any atom is -0.356 e. The lowest BCUT2D eigenvalue weighted by molar-refractivity contribution is -0.145. The minimum absolute atomic E-state index is 0.00179.